The molecule has 0 amide bonds. The molecule has 0 aliphatic carbocycles. The van der Waals surface area contributed by atoms with Gasteiger partial charge in [-0.2, -0.15) is 0 Å². The summed E-state index contributed by atoms with van der Waals surface area (Å²) in [6.45, 7) is 0.424. The van der Waals surface area contributed by atoms with E-state index in [1.54, 1.807) is 14.2 Å². The van der Waals surface area contributed by atoms with Crippen LogP contribution in [-0.2, 0) is 9.47 Å². The van der Waals surface area contributed by atoms with Crippen LogP contribution in [-0.4, -0.2) is 31.2 Å². The molecule has 0 N–H and O–H groups in total. The van der Waals surface area contributed by atoms with Crippen LogP contribution < -0.4 is 9.80 Å². The van der Waals surface area contributed by atoms with E-state index in [0.717, 1.165) is 22.5 Å². The second-order valence-corrected chi connectivity index (χ2v) is 5.67. The first-order valence-corrected chi connectivity index (χ1v) is 7.88. The van der Waals surface area contributed by atoms with Crippen molar-refractivity contribution in [2.45, 2.75) is 0 Å². The van der Waals surface area contributed by atoms with Crippen LogP contribution in [0.1, 0.15) is 0 Å². The summed E-state index contributed by atoms with van der Waals surface area (Å²) in [6, 6.07) is 16.2. The van der Waals surface area contributed by atoms with Crippen molar-refractivity contribution in [1.82, 2.24) is 0 Å². The van der Waals surface area contributed by atoms with Gasteiger partial charge in [-0.1, -0.05) is 36.4 Å². The van der Waals surface area contributed by atoms with Crippen molar-refractivity contribution in [1.29, 1.82) is 0 Å². The lowest BCUT2D eigenvalue weighted by molar-refractivity contribution is 0.395. The number of ether oxygens (including phenoxy) is 2. The summed E-state index contributed by atoms with van der Waals surface area (Å²) >= 11 is 10.8. The fourth-order valence-corrected chi connectivity index (χ4v) is 3.01. The molecule has 1 aliphatic heterocycles. The average molecular weight is 344 g/mol. The average Bonchev–Trinajstić information content (AvgIpc) is 2.76. The summed E-state index contributed by atoms with van der Waals surface area (Å²) in [5, 5.41) is 0.767. The zero-order valence-corrected chi connectivity index (χ0v) is 14.5. The van der Waals surface area contributed by atoms with Gasteiger partial charge in [-0.25, -0.2) is 0 Å². The maximum absolute atomic E-state index is 5.39. The molecule has 2 aromatic rings. The molecule has 0 fully saturated rings. The number of anilines is 2. The van der Waals surface area contributed by atoms with E-state index < -0.39 is 0 Å². The number of hydrogen-bond donors (Lipinski definition) is 0. The summed E-state index contributed by atoms with van der Waals surface area (Å²) in [5.74, 6) is 0. The van der Waals surface area contributed by atoms with Gasteiger partial charge in [0.1, 0.15) is 6.67 Å². The predicted molar refractivity (Wildman–Crippen MR) is 101 cm³/mol. The SMILES string of the molecule is COC(=S)N1CN(C(=S)OC)c2ccccc2-c2ccccc21. The minimum atomic E-state index is 0.383. The van der Waals surface area contributed by atoms with Crippen molar-refractivity contribution in [3.8, 4) is 11.1 Å². The highest BCUT2D eigenvalue weighted by atomic mass is 32.1. The molecule has 0 saturated heterocycles. The van der Waals surface area contributed by atoms with Gasteiger partial charge in [0.05, 0.1) is 25.6 Å². The number of rotatable bonds is 0. The normalized spacial score (nSPS) is 12.8. The number of methoxy groups -OCH3 is 2. The maximum atomic E-state index is 5.39. The fraction of sp³-hybridized carbons (Fsp3) is 0.176. The van der Waals surface area contributed by atoms with Gasteiger partial charge in [0.25, 0.3) is 10.3 Å². The van der Waals surface area contributed by atoms with E-state index in [0.29, 0.717) is 17.0 Å². The predicted octanol–water partition coefficient (Wildman–Crippen LogP) is 3.80. The molecule has 0 atom stereocenters. The first kappa shape index (κ1) is 15.7. The number of thiocarbonyl (C=S) groups is 2. The molecule has 1 heterocycles. The number of benzene rings is 2. The Balaban J connectivity index is 2.24. The molecule has 0 saturated carbocycles. The van der Waals surface area contributed by atoms with E-state index in [4.69, 9.17) is 33.9 Å². The molecule has 6 heteroatoms. The smallest absolute Gasteiger partial charge is 0.265 e. The van der Waals surface area contributed by atoms with E-state index in [1.165, 1.54) is 0 Å². The van der Waals surface area contributed by atoms with Crippen molar-refractivity contribution in [2.75, 3.05) is 30.7 Å². The van der Waals surface area contributed by atoms with Gasteiger partial charge in [-0.15, -0.1) is 0 Å². The minimum Gasteiger partial charge on any atom is -0.474 e. The molecule has 0 bridgehead atoms. The van der Waals surface area contributed by atoms with E-state index in [9.17, 15) is 0 Å². The Morgan fingerprint density at radius 3 is 1.57 bits per heavy atom. The van der Waals surface area contributed by atoms with Crippen molar-refractivity contribution in [3.63, 3.8) is 0 Å². The Kier molecular flexibility index (Phi) is 4.45. The Labute approximate surface area is 146 Å². The lowest BCUT2D eigenvalue weighted by Gasteiger charge is -2.30. The van der Waals surface area contributed by atoms with Gasteiger partial charge >= 0.3 is 0 Å². The second kappa shape index (κ2) is 6.52. The number of para-hydroxylation sites is 2. The van der Waals surface area contributed by atoms with Gasteiger partial charge < -0.3 is 9.47 Å². The molecule has 3 rings (SSSR count). The first-order valence-electron chi connectivity index (χ1n) is 7.06. The summed E-state index contributed by atoms with van der Waals surface area (Å²) in [4.78, 5) is 3.83. The van der Waals surface area contributed by atoms with Crippen molar-refractivity contribution >= 4 is 46.2 Å². The van der Waals surface area contributed by atoms with Gasteiger partial charge in [-0.3, -0.25) is 9.80 Å². The van der Waals surface area contributed by atoms with E-state index in [1.807, 2.05) is 46.2 Å². The Bertz CT molecular complexity index is 700. The van der Waals surface area contributed by atoms with Crippen LogP contribution in [0.5, 0.6) is 0 Å². The van der Waals surface area contributed by atoms with Gasteiger partial charge in [-0.05, 0) is 36.6 Å². The lowest BCUT2D eigenvalue weighted by atomic mass is 10.0. The molecule has 1 aliphatic rings. The highest BCUT2D eigenvalue weighted by Gasteiger charge is 2.28. The fourth-order valence-electron chi connectivity index (χ4n) is 2.70. The standard InChI is InChI=1S/C17H16N2O2S2/c1-20-16(22)18-11-19(17(23)21-2)15-10-6-4-8-13(15)12-7-3-5-9-14(12)18/h3-10H,11H2,1-2H3. The van der Waals surface area contributed by atoms with E-state index >= 15 is 0 Å². The summed E-state index contributed by atoms with van der Waals surface area (Å²) in [6.07, 6.45) is 0. The topological polar surface area (TPSA) is 24.9 Å². The molecule has 118 valence electrons. The molecule has 0 spiro atoms. The molecule has 23 heavy (non-hydrogen) atoms. The van der Waals surface area contributed by atoms with Crippen molar-refractivity contribution in [2.24, 2.45) is 0 Å². The number of nitrogens with zero attached hydrogens (tertiary/aromatic N) is 2. The Hall–Kier alpha value is -2.18. The monoisotopic (exact) mass is 344 g/mol. The third-order valence-corrected chi connectivity index (χ3v) is 4.53. The number of hydrogen-bond acceptors (Lipinski definition) is 4. The molecular formula is C17H16N2O2S2. The van der Waals surface area contributed by atoms with Crippen LogP contribution in [0.25, 0.3) is 11.1 Å². The first-order chi connectivity index (χ1) is 11.2. The summed E-state index contributed by atoms with van der Waals surface area (Å²) in [5.41, 5.74) is 4.11. The minimum absolute atomic E-state index is 0.383. The van der Waals surface area contributed by atoms with Crippen molar-refractivity contribution < 1.29 is 9.47 Å². The van der Waals surface area contributed by atoms with Crippen molar-refractivity contribution in [3.05, 3.63) is 48.5 Å². The van der Waals surface area contributed by atoms with Crippen LogP contribution in [0.15, 0.2) is 48.5 Å². The number of fused-ring (bicyclic) bond motifs is 3. The largest absolute Gasteiger partial charge is 0.474 e. The van der Waals surface area contributed by atoms with Gasteiger partial charge in [0.2, 0.25) is 0 Å². The van der Waals surface area contributed by atoms with E-state index in [-0.39, 0.29) is 0 Å². The maximum Gasteiger partial charge on any atom is 0.265 e. The summed E-state index contributed by atoms with van der Waals surface area (Å²) in [7, 11) is 3.14. The highest BCUT2D eigenvalue weighted by molar-refractivity contribution is 7.80. The molecule has 2 aromatic carbocycles. The molecule has 0 radical (unpaired) electrons. The third-order valence-electron chi connectivity index (χ3n) is 3.75. The summed E-state index contributed by atoms with van der Waals surface area (Å²) < 4.78 is 10.6. The molecule has 4 nitrogen and oxygen atoms in total. The highest BCUT2D eigenvalue weighted by Crippen LogP contribution is 2.40. The molecular weight excluding hydrogens is 328 g/mol. The van der Waals surface area contributed by atoms with Crippen LogP contribution >= 0.6 is 24.4 Å². The van der Waals surface area contributed by atoms with Crippen LogP contribution in [0.4, 0.5) is 11.4 Å². The van der Waals surface area contributed by atoms with Crippen LogP contribution in [0.2, 0.25) is 0 Å². The third kappa shape index (κ3) is 2.75. The zero-order valence-electron chi connectivity index (χ0n) is 12.9. The Morgan fingerprint density at radius 2 is 1.17 bits per heavy atom. The second-order valence-electron chi connectivity index (χ2n) is 4.97. The molecule has 0 aromatic heterocycles. The quantitative estimate of drug-likeness (QED) is 0.674. The van der Waals surface area contributed by atoms with Gasteiger partial charge in [0.15, 0.2) is 0 Å². The van der Waals surface area contributed by atoms with Crippen LogP contribution in [0.3, 0.4) is 0 Å². The van der Waals surface area contributed by atoms with Gasteiger partial charge in [0, 0.05) is 11.1 Å². The lowest BCUT2D eigenvalue weighted by Crippen LogP contribution is -2.43. The van der Waals surface area contributed by atoms with Crippen LogP contribution in [0, 0.1) is 0 Å². The molecule has 0 unspecified atom stereocenters. The van der Waals surface area contributed by atoms with E-state index in [2.05, 4.69) is 12.1 Å². The Morgan fingerprint density at radius 1 is 0.783 bits per heavy atom. The zero-order chi connectivity index (χ0) is 16.4.